The van der Waals surface area contributed by atoms with Gasteiger partial charge in [0.15, 0.2) is 0 Å². The molecular formula is C15H20F3NOS. The number of thioether (sulfide) groups is 1. The van der Waals surface area contributed by atoms with Crippen molar-refractivity contribution in [1.82, 2.24) is 5.32 Å². The molecule has 1 fully saturated rings. The van der Waals surface area contributed by atoms with Crippen molar-refractivity contribution in [1.29, 1.82) is 0 Å². The van der Waals surface area contributed by atoms with Gasteiger partial charge in [-0.3, -0.25) is 0 Å². The molecule has 1 aromatic carbocycles. The summed E-state index contributed by atoms with van der Waals surface area (Å²) in [5.41, 5.74) is 0.809. The van der Waals surface area contributed by atoms with Gasteiger partial charge < -0.3 is 10.1 Å². The zero-order valence-electron chi connectivity index (χ0n) is 12.0. The van der Waals surface area contributed by atoms with Crippen molar-refractivity contribution < 1.29 is 17.9 Å². The van der Waals surface area contributed by atoms with E-state index in [9.17, 15) is 13.2 Å². The van der Waals surface area contributed by atoms with E-state index in [1.54, 1.807) is 6.07 Å². The van der Waals surface area contributed by atoms with Crippen molar-refractivity contribution in [3.8, 4) is 5.75 Å². The molecule has 118 valence electrons. The van der Waals surface area contributed by atoms with Crippen LogP contribution in [0.4, 0.5) is 13.2 Å². The second-order valence-corrected chi connectivity index (χ2v) is 6.74. The Balaban J connectivity index is 1.82. The van der Waals surface area contributed by atoms with Crippen molar-refractivity contribution in [2.75, 3.05) is 5.75 Å². The first-order valence-corrected chi connectivity index (χ1v) is 8.21. The van der Waals surface area contributed by atoms with Crippen molar-refractivity contribution in [2.24, 2.45) is 0 Å². The number of hydrogen-bond donors (Lipinski definition) is 1. The molecule has 1 aliphatic rings. The van der Waals surface area contributed by atoms with E-state index >= 15 is 0 Å². The van der Waals surface area contributed by atoms with E-state index in [1.807, 2.05) is 17.8 Å². The molecule has 0 spiro atoms. The van der Waals surface area contributed by atoms with Crippen LogP contribution in [0.1, 0.15) is 31.7 Å². The smallest absolute Gasteiger partial charge is 0.406 e. The molecule has 6 heteroatoms. The third-order valence-electron chi connectivity index (χ3n) is 3.51. The van der Waals surface area contributed by atoms with Crippen molar-refractivity contribution in [2.45, 2.75) is 50.4 Å². The molecule has 0 bridgehead atoms. The lowest BCUT2D eigenvalue weighted by Gasteiger charge is -2.14. The largest absolute Gasteiger partial charge is 0.573 e. The maximum Gasteiger partial charge on any atom is 0.573 e. The standard InChI is InChI=1S/C15H20F3NOS/c1-2-21-14-7-6-12(9-14)19-10-11-4-3-5-13(8-11)20-15(16,17)18/h3-5,8,12,14,19H,2,6-7,9-10H2,1H3. The normalized spacial score (nSPS) is 22.5. The summed E-state index contributed by atoms with van der Waals surface area (Å²) in [5.74, 6) is 0.974. The van der Waals surface area contributed by atoms with E-state index in [1.165, 1.54) is 18.6 Å². The molecule has 0 amide bonds. The van der Waals surface area contributed by atoms with Gasteiger partial charge in [0.1, 0.15) is 5.75 Å². The van der Waals surface area contributed by atoms with E-state index in [4.69, 9.17) is 0 Å². The van der Waals surface area contributed by atoms with Gasteiger partial charge in [-0.05, 0) is 42.7 Å². The predicted molar refractivity (Wildman–Crippen MR) is 79.5 cm³/mol. The molecule has 0 radical (unpaired) electrons. The van der Waals surface area contributed by atoms with Gasteiger partial charge in [-0.15, -0.1) is 13.2 Å². The summed E-state index contributed by atoms with van der Waals surface area (Å²) in [7, 11) is 0. The van der Waals surface area contributed by atoms with Crippen LogP contribution in [0, 0.1) is 0 Å². The van der Waals surface area contributed by atoms with Crippen LogP contribution in [0.15, 0.2) is 24.3 Å². The molecule has 1 N–H and O–H groups in total. The highest BCUT2D eigenvalue weighted by Crippen LogP contribution is 2.30. The van der Waals surface area contributed by atoms with E-state index in [0.717, 1.165) is 24.2 Å². The molecule has 2 unspecified atom stereocenters. The minimum Gasteiger partial charge on any atom is -0.406 e. The molecule has 0 heterocycles. The van der Waals surface area contributed by atoms with E-state index in [2.05, 4.69) is 17.0 Å². The lowest BCUT2D eigenvalue weighted by atomic mass is 10.2. The number of hydrogen-bond acceptors (Lipinski definition) is 3. The number of ether oxygens (including phenoxy) is 1. The maximum absolute atomic E-state index is 12.2. The van der Waals surface area contributed by atoms with Crippen LogP contribution in [-0.4, -0.2) is 23.4 Å². The van der Waals surface area contributed by atoms with Gasteiger partial charge in [-0.1, -0.05) is 19.1 Å². The summed E-state index contributed by atoms with van der Waals surface area (Å²) < 4.78 is 40.5. The third-order valence-corrected chi connectivity index (χ3v) is 4.75. The molecule has 2 nitrogen and oxygen atoms in total. The zero-order valence-corrected chi connectivity index (χ0v) is 12.8. The van der Waals surface area contributed by atoms with Crippen LogP contribution in [-0.2, 0) is 6.54 Å². The molecule has 2 rings (SSSR count). The quantitative estimate of drug-likeness (QED) is 0.842. The fraction of sp³-hybridized carbons (Fsp3) is 0.600. The molecule has 0 aliphatic heterocycles. The summed E-state index contributed by atoms with van der Waals surface area (Å²) >= 11 is 1.99. The Hall–Kier alpha value is -0.880. The number of alkyl halides is 3. The van der Waals surface area contributed by atoms with E-state index < -0.39 is 6.36 Å². The van der Waals surface area contributed by atoms with E-state index in [-0.39, 0.29) is 5.75 Å². The predicted octanol–water partition coefficient (Wildman–Crippen LogP) is 4.35. The monoisotopic (exact) mass is 319 g/mol. The van der Waals surface area contributed by atoms with Crippen molar-refractivity contribution in [3.05, 3.63) is 29.8 Å². The number of halogens is 3. The van der Waals surface area contributed by atoms with Crippen LogP contribution in [0.3, 0.4) is 0 Å². The first kappa shape index (κ1) is 16.5. The Morgan fingerprint density at radius 2 is 2.14 bits per heavy atom. The molecule has 1 aromatic rings. The Labute approximate surface area is 127 Å². The third kappa shape index (κ3) is 5.79. The Morgan fingerprint density at radius 3 is 2.86 bits per heavy atom. The van der Waals surface area contributed by atoms with Crippen LogP contribution < -0.4 is 10.1 Å². The number of nitrogens with one attached hydrogen (secondary N) is 1. The number of rotatable bonds is 6. The minimum absolute atomic E-state index is 0.160. The average molecular weight is 319 g/mol. The van der Waals surface area contributed by atoms with Crippen LogP contribution in [0.25, 0.3) is 0 Å². The average Bonchev–Trinajstić information content (AvgIpc) is 2.83. The Kier molecular flexibility index (Phi) is 5.81. The molecule has 1 aliphatic carbocycles. The van der Waals surface area contributed by atoms with Gasteiger partial charge in [-0.2, -0.15) is 11.8 Å². The molecular weight excluding hydrogens is 299 g/mol. The summed E-state index contributed by atoms with van der Waals surface area (Å²) in [6.07, 6.45) is -1.15. The van der Waals surface area contributed by atoms with Gasteiger partial charge in [0.25, 0.3) is 0 Å². The van der Waals surface area contributed by atoms with Crippen LogP contribution in [0.2, 0.25) is 0 Å². The second-order valence-electron chi connectivity index (χ2n) is 5.16. The first-order valence-electron chi connectivity index (χ1n) is 7.16. The van der Waals surface area contributed by atoms with Crippen molar-refractivity contribution >= 4 is 11.8 Å². The lowest BCUT2D eigenvalue weighted by molar-refractivity contribution is -0.274. The minimum atomic E-state index is -4.64. The van der Waals surface area contributed by atoms with E-state index in [0.29, 0.717) is 17.8 Å². The topological polar surface area (TPSA) is 21.3 Å². The fourth-order valence-electron chi connectivity index (χ4n) is 2.63. The number of benzene rings is 1. The molecule has 2 atom stereocenters. The zero-order chi connectivity index (χ0) is 15.3. The summed E-state index contributed by atoms with van der Waals surface area (Å²) in [4.78, 5) is 0. The Bertz CT molecular complexity index is 453. The van der Waals surface area contributed by atoms with Gasteiger partial charge in [0.05, 0.1) is 0 Å². The summed E-state index contributed by atoms with van der Waals surface area (Å²) in [5, 5.41) is 4.14. The van der Waals surface area contributed by atoms with Crippen molar-refractivity contribution in [3.63, 3.8) is 0 Å². The Morgan fingerprint density at radius 1 is 1.33 bits per heavy atom. The summed E-state index contributed by atoms with van der Waals surface area (Å²) in [6, 6.07) is 6.61. The maximum atomic E-state index is 12.2. The second kappa shape index (κ2) is 7.40. The van der Waals surface area contributed by atoms with Crippen LogP contribution >= 0.6 is 11.8 Å². The lowest BCUT2D eigenvalue weighted by Crippen LogP contribution is -2.26. The molecule has 0 aromatic heterocycles. The van der Waals surface area contributed by atoms with Gasteiger partial charge in [0, 0.05) is 17.8 Å². The van der Waals surface area contributed by atoms with Gasteiger partial charge in [-0.25, -0.2) is 0 Å². The highest BCUT2D eigenvalue weighted by Gasteiger charge is 2.31. The highest BCUT2D eigenvalue weighted by atomic mass is 32.2. The molecule has 0 saturated heterocycles. The van der Waals surface area contributed by atoms with Gasteiger partial charge >= 0.3 is 6.36 Å². The van der Waals surface area contributed by atoms with Crippen LogP contribution in [0.5, 0.6) is 5.75 Å². The summed E-state index contributed by atoms with van der Waals surface area (Å²) in [6.45, 7) is 2.74. The first-order chi connectivity index (χ1) is 9.96. The molecule has 1 saturated carbocycles. The van der Waals surface area contributed by atoms with Gasteiger partial charge in [0.2, 0.25) is 0 Å². The fourth-order valence-corrected chi connectivity index (χ4v) is 3.77. The molecule has 21 heavy (non-hydrogen) atoms. The highest BCUT2D eigenvalue weighted by molar-refractivity contribution is 7.99. The SMILES string of the molecule is CCSC1CCC(NCc2cccc(OC(F)(F)F)c2)C1.